The highest BCUT2D eigenvalue weighted by atomic mass is 32.1. The minimum Gasteiger partial charge on any atom is -0.375 e. The van der Waals surface area contributed by atoms with Crippen molar-refractivity contribution in [1.29, 1.82) is 0 Å². The molecule has 0 amide bonds. The highest BCUT2D eigenvalue weighted by Gasteiger charge is 2.35. The van der Waals surface area contributed by atoms with Crippen LogP contribution in [0.25, 0.3) is 20.3 Å². The maximum atomic E-state index is 11.8. The summed E-state index contributed by atoms with van der Waals surface area (Å²) in [5.41, 5.74) is 1.20. The van der Waals surface area contributed by atoms with Gasteiger partial charge in [-0.05, 0) is 12.1 Å². The molecule has 0 saturated carbocycles. The van der Waals surface area contributed by atoms with Crippen molar-refractivity contribution in [2.45, 2.75) is 0 Å². The fraction of sp³-hybridized carbons (Fsp3) is 0.333. The van der Waals surface area contributed by atoms with Crippen molar-refractivity contribution in [3.05, 3.63) is 12.1 Å². The molecule has 5 heteroatoms. The lowest BCUT2D eigenvalue weighted by molar-refractivity contribution is 0.603. The molecule has 88 valence electrons. The molecular weight excluding hydrogens is 251 g/mol. The van der Waals surface area contributed by atoms with Crippen molar-refractivity contribution in [1.82, 2.24) is 0 Å². The smallest absolute Gasteiger partial charge is 0.375 e. The first-order chi connectivity index (χ1) is 8.02. The van der Waals surface area contributed by atoms with Crippen LogP contribution in [0.4, 0.5) is 10.7 Å². The second-order valence-corrected chi connectivity index (χ2v) is 7.19. The fourth-order valence-corrected chi connectivity index (χ4v) is 4.74. The molecule has 0 fully saturated rings. The maximum Gasteiger partial charge on any atom is 0.425 e. The minimum absolute atomic E-state index is 1.04. The Balaban J connectivity index is 2.46. The van der Waals surface area contributed by atoms with Gasteiger partial charge in [-0.25, -0.2) is 0 Å². The van der Waals surface area contributed by atoms with Gasteiger partial charge in [0.15, 0.2) is 0 Å². The van der Waals surface area contributed by atoms with Crippen molar-refractivity contribution in [2.75, 3.05) is 38.0 Å². The summed E-state index contributed by atoms with van der Waals surface area (Å²) in [5.74, 6) is 0. The lowest BCUT2D eigenvalue weighted by atomic mass is 10.2. The van der Waals surface area contributed by atoms with Crippen LogP contribution in [0.3, 0.4) is 0 Å². The minimum atomic E-state index is -1.21. The molecule has 2 aromatic heterocycles. The van der Waals surface area contributed by atoms with Gasteiger partial charge < -0.3 is 9.80 Å². The van der Waals surface area contributed by atoms with Crippen LogP contribution in [0.2, 0.25) is 0 Å². The maximum absolute atomic E-state index is 11.8. The molecule has 2 heterocycles. The van der Waals surface area contributed by atoms with Gasteiger partial charge in [-0.15, -0.1) is 11.3 Å². The summed E-state index contributed by atoms with van der Waals surface area (Å²) >= 11 is 1.77. The summed E-state index contributed by atoms with van der Waals surface area (Å²) in [6.07, 6.45) is 0. The van der Waals surface area contributed by atoms with Crippen molar-refractivity contribution in [3.8, 4) is 0 Å². The van der Waals surface area contributed by atoms with Crippen LogP contribution in [0, 0.1) is 0 Å². The molecule has 3 aromatic rings. The zero-order chi connectivity index (χ0) is 12.3. The third-order valence-corrected chi connectivity index (χ3v) is 5.76. The van der Waals surface area contributed by atoms with Crippen LogP contribution >= 0.6 is 18.7 Å². The second-order valence-electron chi connectivity index (χ2n) is 4.65. The highest BCUT2D eigenvalue weighted by Crippen LogP contribution is 2.56. The monoisotopic (exact) mass is 265 g/mol. The second kappa shape index (κ2) is 3.44. The van der Waals surface area contributed by atoms with Gasteiger partial charge in [0.1, 0.15) is 5.00 Å². The third-order valence-electron chi connectivity index (χ3n) is 2.99. The topological polar surface area (TPSA) is 23.6 Å². The van der Waals surface area contributed by atoms with E-state index in [1.54, 1.807) is 11.3 Å². The van der Waals surface area contributed by atoms with Gasteiger partial charge >= 0.3 is 7.41 Å². The number of hydrogen-bond acceptors (Lipinski definition) is 4. The summed E-state index contributed by atoms with van der Waals surface area (Å²) in [5, 5.41) is 4.54. The third kappa shape index (κ3) is 1.41. The molecule has 17 heavy (non-hydrogen) atoms. The van der Waals surface area contributed by atoms with E-state index >= 15 is 0 Å². The molecular formula is C12H14N2OPS+. The predicted octanol–water partition coefficient (Wildman–Crippen LogP) is 3.80. The molecule has 0 N–H and O–H groups in total. The zero-order valence-electron chi connectivity index (χ0n) is 10.3. The first-order valence-electron chi connectivity index (χ1n) is 5.43. The molecule has 0 aliphatic carbocycles. The molecule has 0 aliphatic heterocycles. The Morgan fingerprint density at radius 2 is 1.82 bits per heavy atom. The van der Waals surface area contributed by atoms with Gasteiger partial charge in [-0.3, -0.25) is 0 Å². The quantitative estimate of drug-likeness (QED) is 0.704. The van der Waals surface area contributed by atoms with E-state index in [0.717, 1.165) is 10.2 Å². The van der Waals surface area contributed by atoms with Gasteiger partial charge in [0.2, 0.25) is 5.12 Å². The number of benzene rings is 1. The van der Waals surface area contributed by atoms with Gasteiger partial charge in [0.25, 0.3) is 5.12 Å². The molecule has 1 atom stereocenters. The van der Waals surface area contributed by atoms with Crippen LogP contribution in [0.1, 0.15) is 0 Å². The summed E-state index contributed by atoms with van der Waals surface area (Å²) < 4.78 is 13.1. The van der Waals surface area contributed by atoms with Gasteiger partial charge in [0.05, 0.1) is 11.1 Å². The Kier molecular flexibility index (Phi) is 2.22. The molecule has 0 bridgehead atoms. The average molecular weight is 265 g/mol. The molecule has 0 saturated heterocycles. The van der Waals surface area contributed by atoms with Gasteiger partial charge in [-0.1, -0.05) is 4.57 Å². The number of hydrogen-bond donors (Lipinski definition) is 0. The molecule has 0 aliphatic rings. The van der Waals surface area contributed by atoms with Crippen LogP contribution in [-0.2, 0) is 4.57 Å². The summed E-state index contributed by atoms with van der Waals surface area (Å²) in [6, 6.07) is 4.10. The van der Waals surface area contributed by atoms with Gasteiger partial charge in [-0.2, -0.15) is 0 Å². The Hall–Kier alpha value is -1.12. The van der Waals surface area contributed by atoms with E-state index in [9.17, 15) is 4.57 Å². The summed E-state index contributed by atoms with van der Waals surface area (Å²) in [6.45, 7) is 0. The molecule has 1 unspecified atom stereocenters. The Labute approximate surface area is 105 Å². The van der Waals surface area contributed by atoms with E-state index in [0.29, 0.717) is 0 Å². The molecule has 0 radical (unpaired) electrons. The van der Waals surface area contributed by atoms with E-state index in [2.05, 4.69) is 30.0 Å². The standard InChI is InChI=1S/C12H14N2OPS/c1-13(2)10-9-8(17-12(10)14(3)4)6-5-7-11(9)16(7)15/h5-6H,1-4H3/q+1. The van der Waals surface area contributed by atoms with E-state index in [1.165, 1.54) is 20.8 Å². The SMILES string of the molecule is CN(C)c1sc2ccc3c(c2c1N(C)C)[p+]3=O. The Morgan fingerprint density at radius 1 is 1.12 bits per heavy atom. The predicted molar refractivity (Wildman–Crippen MR) is 78.0 cm³/mol. The fourth-order valence-electron chi connectivity index (χ4n) is 2.18. The van der Waals surface area contributed by atoms with E-state index < -0.39 is 7.41 Å². The summed E-state index contributed by atoms with van der Waals surface area (Å²) in [4.78, 5) is 4.25. The number of rotatable bonds is 2. The lowest BCUT2D eigenvalue weighted by Crippen LogP contribution is -2.14. The summed E-state index contributed by atoms with van der Waals surface area (Å²) in [7, 11) is 6.98. The number of thiophene rings is 1. The van der Waals surface area contributed by atoms with Crippen molar-refractivity contribution in [3.63, 3.8) is 0 Å². The highest BCUT2D eigenvalue weighted by molar-refractivity contribution is 7.59. The molecule has 1 aromatic carbocycles. The van der Waals surface area contributed by atoms with E-state index in [-0.39, 0.29) is 0 Å². The molecule has 3 nitrogen and oxygen atoms in total. The van der Waals surface area contributed by atoms with Gasteiger partial charge in [0, 0.05) is 32.9 Å². The number of nitrogens with zero attached hydrogens (tertiary/aromatic N) is 2. The normalized spacial score (nSPS) is 12.8. The molecule has 3 rings (SSSR count). The first kappa shape index (κ1) is 11.0. The van der Waals surface area contributed by atoms with Crippen molar-refractivity contribution < 1.29 is 4.57 Å². The first-order valence-corrected chi connectivity index (χ1v) is 7.51. The largest absolute Gasteiger partial charge is 0.425 e. The van der Waals surface area contributed by atoms with Crippen molar-refractivity contribution in [2.24, 2.45) is 0 Å². The average Bonchev–Trinajstić information content (AvgIpc) is 2.75. The Morgan fingerprint density at radius 3 is 2.41 bits per heavy atom. The molecule has 0 spiro atoms. The Bertz CT molecular complexity index is 734. The zero-order valence-corrected chi connectivity index (χ0v) is 12.0. The van der Waals surface area contributed by atoms with E-state index in [1.807, 2.05) is 20.2 Å². The van der Waals surface area contributed by atoms with Crippen LogP contribution < -0.4 is 9.80 Å². The van der Waals surface area contributed by atoms with Crippen LogP contribution in [0.5, 0.6) is 0 Å². The number of anilines is 2. The van der Waals surface area contributed by atoms with Crippen LogP contribution in [0.15, 0.2) is 12.1 Å². The van der Waals surface area contributed by atoms with Crippen LogP contribution in [-0.4, -0.2) is 28.2 Å². The van der Waals surface area contributed by atoms with E-state index in [4.69, 9.17) is 0 Å². The number of fused-ring (bicyclic) bond motifs is 3. The lowest BCUT2D eigenvalue weighted by Gasteiger charge is -2.18. The van der Waals surface area contributed by atoms with Crippen molar-refractivity contribution >= 4 is 49.8 Å².